The van der Waals surface area contributed by atoms with Crippen molar-refractivity contribution in [1.82, 2.24) is 5.16 Å². The summed E-state index contributed by atoms with van der Waals surface area (Å²) < 4.78 is 4.94. The highest BCUT2D eigenvalue weighted by Gasteiger charge is 2.40. The number of anilines is 1. The number of aryl methyl sites for hydroxylation is 1. The van der Waals surface area contributed by atoms with Gasteiger partial charge in [0, 0.05) is 12.6 Å². The number of hydrogen-bond acceptors (Lipinski definition) is 4. The first kappa shape index (κ1) is 13.1. The third-order valence-electron chi connectivity index (χ3n) is 3.97. The highest BCUT2D eigenvalue weighted by atomic mass is 16.5. The zero-order valence-corrected chi connectivity index (χ0v) is 11.0. The van der Waals surface area contributed by atoms with E-state index in [0.717, 1.165) is 25.7 Å². The molecule has 0 radical (unpaired) electrons. The number of hydrogen-bond donors (Lipinski definition) is 2. The molecule has 2 rings (SSSR count). The first-order valence-electron chi connectivity index (χ1n) is 6.50. The van der Waals surface area contributed by atoms with E-state index >= 15 is 0 Å². The molecule has 5 heteroatoms. The zero-order chi connectivity index (χ0) is 13.2. The van der Waals surface area contributed by atoms with Gasteiger partial charge in [-0.25, -0.2) is 0 Å². The average Bonchev–Trinajstić information content (AvgIpc) is 2.76. The second-order valence-electron chi connectivity index (χ2n) is 5.44. The van der Waals surface area contributed by atoms with Crippen LogP contribution in [0.3, 0.4) is 0 Å². The maximum Gasteiger partial charge on any atom is 0.233 e. The smallest absolute Gasteiger partial charge is 0.233 e. The predicted octanol–water partition coefficient (Wildman–Crippen LogP) is 2.08. The van der Waals surface area contributed by atoms with Gasteiger partial charge >= 0.3 is 0 Å². The first-order chi connectivity index (χ1) is 8.55. The van der Waals surface area contributed by atoms with Gasteiger partial charge in [-0.15, -0.1) is 0 Å². The van der Waals surface area contributed by atoms with Gasteiger partial charge in [0.15, 0.2) is 5.82 Å². The molecule has 3 N–H and O–H groups in total. The summed E-state index contributed by atoms with van der Waals surface area (Å²) >= 11 is 0. The lowest BCUT2D eigenvalue weighted by atomic mass is 9.70. The van der Waals surface area contributed by atoms with Crippen LogP contribution >= 0.6 is 0 Å². The molecule has 0 unspecified atom stereocenters. The fourth-order valence-corrected chi connectivity index (χ4v) is 2.51. The van der Waals surface area contributed by atoms with Gasteiger partial charge in [0.25, 0.3) is 0 Å². The molecule has 5 nitrogen and oxygen atoms in total. The fraction of sp³-hybridized carbons (Fsp3) is 0.692. The number of nitrogens with one attached hydrogen (secondary N) is 1. The molecule has 0 aliphatic heterocycles. The first-order valence-corrected chi connectivity index (χ1v) is 6.50. The molecule has 1 aromatic rings. The Balaban J connectivity index is 2.06. The van der Waals surface area contributed by atoms with E-state index < -0.39 is 5.41 Å². The van der Waals surface area contributed by atoms with Gasteiger partial charge in [-0.1, -0.05) is 12.1 Å². The van der Waals surface area contributed by atoms with Crippen molar-refractivity contribution in [2.75, 3.05) is 11.9 Å². The molecule has 1 heterocycles. The summed E-state index contributed by atoms with van der Waals surface area (Å²) in [4.78, 5) is 12.4. The van der Waals surface area contributed by atoms with Crippen LogP contribution in [0, 0.1) is 18.3 Å². The van der Waals surface area contributed by atoms with E-state index in [9.17, 15) is 4.79 Å². The van der Waals surface area contributed by atoms with E-state index in [-0.39, 0.29) is 5.91 Å². The molecule has 1 aliphatic carbocycles. The van der Waals surface area contributed by atoms with Crippen LogP contribution in [-0.2, 0) is 4.79 Å². The van der Waals surface area contributed by atoms with Crippen LogP contribution in [0.5, 0.6) is 0 Å². The van der Waals surface area contributed by atoms with Gasteiger partial charge in [-0.2, -0.15) is 0 Å². The van der Waals surface area contributed by atoms with Gasteiger partial charge in [0.1, 0.15) is 5.76 Å². The van der Waals surface area contributed by atoms with Crippen molar-refractivity contribution in [2.24, 2.45) is 17.1 Å². The topological polar surface area (TPSA) is 81.2 Å². The number of nitrogens with zero attached hydrogens (tertiary/aromatic N) is 1. The Morgan fingerprint density at radius 1 is 1.61 bits per heavy atom. The number of rotatable bonds is 3. The molecule has 1 aromatic heterocycles. The van der Waals surface area contributed by atoms with Crippen LogP contribution < -0.4 is 11.1 Å². The lowest BCUT2D eigenvalue weighted by molar-refractivity contribution is -0.127. The van der Waals surface area contributed by atoms with Gasteiger partial charge in [0.05, 0.1) is 5.41 Å². The molecular weight excluding hydrogens is 230 g/mol. The van der Waals surface area contributed by atoms with Crippen LogP contribution in [0.25, 0.3) is 0 Å². The van der Waals surface area contributed by atoms with Crippen molar-refractivity contribution in [3.63, 3.8) is 0 Å². The normalized spacial score (nSPS) is 28.1. The molecule has 0 saturated heterocycles. The molecule has 1 fully saturated rings. The number of amides is 1. The highest BCUT2D eigenvalue weighted by Crippen LogP contribution is 2.38. The minimum atomic E-state index is -0.431. The Bertz CT molecular complexity index is 420. The number of nitrogens with two attached hydrogens (primary N) is 1. The summed E-state index contributed by atoms with van der Waals surface area (Å²) in [6.07, 6.45) is 3.82. The van der Waals surface area contributed by atoms with E-state index in [1.165, 1.54) is 0 Å². The van der Waals surface area contributed by atoms with E-state index in [1.807, 2.05) is 0 Å². The average molecular weight is 251 g/mol. The quantitative estimate of drug-likeness (QED) is 0.861. The molecule has 0 bridgehead atoms. The summed E-state index contributed by atoms with van der Waals surface area (Å²) in [5.41, 5.74) is 5.41. The molecule has 100 valence electrons. The van der Waals surface area contributed by atoms with Gasteiger partial charge in [-0.3, -0.25) is 4.79 Å². The standard InChI is InChI=1S/C13H21N3O2/c1-9-3-5-13(8-14,6-4-9)12(17)15-11-7-10(2)18-16-11/h7,9H,3-6,8,14H2,1-2H3,(H,15,16,17). The second-order valence-corrected chi connectivity index (χ2v) is 5.44. The second kappa shape index (κ2) is 5.10. The number of carbonyl (C=O) groups excluding carboxylic acids is 1. The summed E-state index contributed by atoms with van der Waals surface area (Å²) in [6, 6.07) is 1.72. The van der Waals surface area contributed by atoms with E-state index in [4.69, 9.17) is 10.3 Å². The predicted molar refractivity (Wildman–Crippen MR) is 69.0 cm³/mol. The zero-order valence-electron chi connectivity index (χ0n) is 11.0. The summed E-state index contributed by atoms with van der Waals surface area (Å²) in [6.45, 7) is 4.41. The van der Waals surface area contributed by atoms with Crippen molar-refractivity contribution in [3.05, 3.63) is 11.8 Å². The minimum Gasteiger partial charge on any atom is -0.360 e. The van der Waals surface area contributed by atoms with Crippen LogP contribution in [-0.4, -0.2) is 17.6 Å². The van der Waals surface area contributed by atoms with E-state index in [0.29, 0.717) is 24.0 Å². The Kier molecular flexibility index (Phi) is 3.71. The fourth-order valence-electron chi connectivity index (χ4n) is 2.51. The molecule has 1 amide bonds. The number of aromatic nitrogens is 1. The lowest BCUT2D eigenvalue weighted by Gasteiger charge is -2.36. The van der Waals surface area contributed by atoms with Crippen molar-refractivity contribution in [1.29, 1.82) is 0 Å². The van der Waals surface area contributed by atoms with Crippen molar-refractivity contribution in [2.45, 2.75) is 39.5 Å². The maximum absolute atomic E-state index is 12.4. The molecule has 0 aromatic carbocycles. The van der Waals surface area contributed by atoms with Crippen LogP contribution in [0.2, 0.25) is 0 Å². The lowest BCUT2D eigenvalue weighted by Crippen LogP contribution is -2.44. The van der Waals surface area contributed by atoms with Crippen molar-refractivity contribution >= 4 is 11.7 Å². The molecule has 1 saturated carbocycles. The molecule has 18 heavy (non-hydrogen) atoms. The third kappa shape index (κ3) is 2.56. The van der Waals surface area contributed by atoms with Crippen LogP contribution in [0.1, 0.15) is 38.4 Å². The Hall–Kier alpha value is -1.36. The summed E-state index contributed by atoms with van der Waals surface area (Å²) in [5.74, 6) is 1.82. The SMILES string of the molecule is Cc1cc(NC(=O)C2(CN)CCC(C)CC2)no1. The molecule has 0 spiro atoms. The summed E-state index contributed by atoms with van der Waals surface area (Å²) in [7, 11) is 0. The molecular formula is C13H21N3O2. The minimum absolute atomic E-state index is 0.0230. The van der Waals surface area contributed by atoms with Crippen LogP contribution in [0.15, 0.2) is 10.6 Å². The van der Waals surface area contributed by atoms with E-state index in [2.05, 4.69) is 17.4 Å². The Labute approximate surface area is 107 Å². The van der Waals surface area contributed by atoms with Gasteiger partial charge in [-0.05, 0) is 38.5 Å². The largest absolute Gasteiger partial charge is 0.360 e. The van der Waals surface area contributed by atoms with Crippen molar-refractivity contribution < 1.29 is 9.32 Å². The third-order valence-corrected chi connectivity index (χ3v) is 3.97. The van der Waals surface area contributed by atoms with E-state index in [1.54, 1.807) is 13.0 Å². The maximum atomic E-state index is 12.4. The van der Waals surface area contributed by atoms with Gasteiger partial charge < -0.3 is 15.6 Å². The van der Waals surface area contributed by atoms with Gasteiger partial charge in [0.2, 0.25) is 5.91 Å². The monoisotopic (exact) mass is 251 g/mol. The number of carbonyl (C=O) groups is 1. The van der Waals surface area contributed by atoms with Crippen LogP contribution in [0.4, 0.5) is 5.82 Å². The summed E-state index contributed by atoms with van der Waals surface area (Å²) in [5, 5.41) is 6.60. The van der Waals surface area contributed by atoms with Crippen molar-refractivity contribution in [3.8, 4) is 0 Å². The highest BCUT2D eigenvalue weighted by molar-refractivity contribution is 5.94. The Morgan fingerprint density at radius 2 is 2.28 bits per heavy atom. The molecule has 1 aliphatic rings. The Morgan fingerprint density at radius 3 is 2.78 bits per heavy atom. The molecule has 0 atom stereocenters.